The summed E-state index contributed by atoms with van der Waals surface area (Å²) in [5, 5.41) is 1.05. The predicted molar refractivity (Wildman–Crippen MR) is 97.7 cm³/mol. The number of ether oxygens (including phenoxy) is 1. The Labute approximate surface area is 147 Å². The highest BCUT2D eigenvalue weighted by atomic mass is 16.5. The van der Waals surface area contributed by atoms with Gasteiger partial charge in [-0.15, -0.1) is 0 Å². The van der Waals surface area contributed by atoms with E-state index in [-0.39, 0.29) is 12.0 Å². The van der Waals surface area contributed by atoms with Crippen LogP contribution in [0.4, 0.5) is 0 Å². The Morgan fingerprint density at radius 2 is 1.64 bits per heavy atom. The van der Waals surface area contributed by atoms with E-state index in [9.17, 15) is 4.79 Å². The van der Waals surface area contributed by atoms with Gasteiger partial charge in [0, 0.05) is 31.3 Å². The number of hydrogen-bond donors (Lipinski definition) is 0. The van der Waals surface area contributed by atoms with Gasteiger partial charge in [0.2, 0.25) is 0 Å². The number of hydrogen-bond acceptors (Lipinski definition) is 3. The van der Waals surface area contributed by atoms with Gasteiger partial charge in [-0.2, -0.15) is 0 Å². The summed E-state index contributed by atoms with van der Waals surface area (Å²) in [5.41, 5.74) is 1.37. The minimum Gasteiger partial charge on any atom is -0.490 e. The molecule has 1 aromatic heterocycles. The van der Waals surface area contributed by atoms with E-state index in [0.717, 1.165) is 29.5 Å². The smallest absolute Gasteiger partial charge is 0.272 e. The fourth-order valence-electron chi connectivity index (χ4n) is 3.22. The molecule has 1 amide bonds. The summed E-state index contributed by atoms with van der Waals surface area (Å²) in [7, 11) is 0. The van der Waals surface area contributed by atoms with Crippen molar-refractivity contribution in [2.75, 3.05) is 13.1 Å². The topological polar surface area (TPSA) is 42.4 Å². The van der Waals surface area contributed by atoms with Gasteiger partial charge in [0.15, 0.2) is 0 Å². The van der Waals surface area contributed by atoms with Crippen LogP contribution in [0.3, 0.4) is 0 Å². The van der Waals surface area contributed by atoms with Gasteiger partial charge >= 0.3 is 0 Å². The van der Waals surface area contributed by atoms with Crippen LogP contribution in [0.1, 0.15) is 23.3 Å². The summed E-state index contributed by atoms with van der Waals surface area (Å²) in [6.45, 7) is 1.40. The lowest BCUT2D eigenvalue weighted by Gasteiger charge is -2.32. The maximum absolute atomic E-state index is 12.7. The molecule has 4 rings (SSSR count). The largest absolute Gasteiger partial charge is 0.490 e. The number of likely N-dealkylation sites (tertiary alicyclic amines) is 1. The molecule has 0 radical (unpaired) electrons. The normalized spacial score (nSPS) is 15.3. The summed E-state index contributed by atoms with van der Waals surface area (Å²) in [5.74, 6) is 0.896. The SMILES string of the molecule is O=C(c1ccc2ccccc2n1)N1CCC(Oc2ccccc2)CC1. The lowest BCUT2D eigenvalue weighted by atomic mass is 10.1. The number of benzene rings is 2. The molecule has 0 N–H and O–H groups in total. The van der Waals surface area contributed by atoms with E-state index in [4.69, 9.17) is 4.74 Å². The first kappa shape index (κ1) is 15.6. The zero-order chi connectivity index (χ0) is 17.1. The fraction of sp³-hybridized carbons (Fsp3) is 0.238. The molecule has 1 fully saturated rings. The van der Waals surface area contributed by atoms with Crippen LogP contribution >= 0.6 is 0 Å². The number of nitrogens with zero attached hydrogens (tertiary/aromatic N) is 2. The molecule has 0 atom stereocenters. The second kappa shape index (κ2) is 6.93. The van der Waals surface area contributed by atoms with Gasteiger partial charge in [0.1, 0.15) is 17.5 Å². The Morgan fingerprint density at radius 1 is 0.920 bits per heavy atom. The molecule has 2 heterocycles. The van der Waals surface area contributed by atoms with E-state index in [0.29, 0.717) is 18.8 Å². The van der Waals surface area contributed by atoms with E-state index < -0.39 is 0 Å². The molecule has 126 valence electrons. The first-order valence-corrected chi connectivity index (χ1v) is 8.66. The number of carbonyl (C=O) groups excluding carboxylic acids is 1. The van der Waals surface area contributed by atoms with Gasteiger partial charge in [-0.25, -0.2) is 4.98 Å². The molecule has 0 aliphatic carbocycles. The fourth-order valence-corrected chi connectivity index (χ4v) is 3.22. The van der Waals surface area contributed by atoms with E-state index >= 15 is 0 Å². The van der Waals surface area contributed by atoms with Gasteiger partial charge in [0.05, 0.1) is 5.52 Å². The zero-order valence-electron chi connectivity index (χ0n) is 14.0. The number of piperidine rings is 1. The molecule has 0 unspecified atom stereocenters. The summed E-state index contributed by atoms with van der Waals surface area (Å²) >= 11 is 0. The van der Waals surface area contributed by atoms with Crippen molar-refractivity contribution in [3.63, 3.8) is 0 Å². The van der Waals surface area contributed by atoms with Crippen molar-refractivity contribution in [1.29, 1.82) is 0 Å². The van der Waals surface area contributed by atoms with Crippen molar-refractivity contribution in [2.24, 2.45) is 0 Å². The number of pyridine rings is 1. The lowest BCUT2D eigenvalue weighted by molar-refractivity contribution is 0.0590. The molecule has 25 heavy (non-hydrogen) atoms. The van der Waals surface area contributed by atoms with Gasteiger partial charge < -0.3 is 9.64 Å². The van der Waals surface area contributed by atoms with Crippen molar-refractivity contribution in [1.82, 2.24) is 9.88 Å². The van der Waals surface area contributed by atoms with Crippen molar-refractivity contribution < 1.29 is 9.53 Å². The molecule has 1 saturated heterocycles. The highest BCUT2D eigenvalue weighted by Crippen LogP contribution is 2.20. The van der Waals surface area contributed by atoms with Gasteiger partial charge in [-0.1, -0.05) is 42.5 Å². The second-order valence-electron chi connectivity index (χ2n) is 6.31. The third-order valence-electron chi connectivity index (χ3n) is 4.59. The van der Waals surface area contributed by atoms with Crippen molar-refractivity contribution >= 4 is 16.8 Å². The van der Waals surface area contributed by atoms with E-state index in [1.807, 2.05) is 71.6 Å². The van der Waals surface area contributed by atoms with E-state index in [2.05, 4.69) is 4.98 Å². The van der Waals surface area contributed by atoms with Crippen LogP contribution in [0.2, 0.25) is 0 Å². The van der Waals surface area contributed by atoms with Crippen LogP contribution in [0.25, 0.3) is 10.9 Å². The van der Waals surface area contributed by atoms with Crippen LogP contribution in [0.15, 0.2) is 66.7 Å². The summed E-state index contributed by atoms with van der Waals surface area (Å²) in [6, 6.07) is 21.5. The molecule has 3 aromatic rings. The Bertz CT molecular complexity index is 871. The average Bonchev–Trinajstić information content (AvgIpc) is 2.68. The summed E-state index contributed by atoms with van der Waals surface area (Å²) < 4.78 is 5.99. The Morgan fingerprint density at radius 3 is 2.44 bits per heavy atom. The minimum atomic E-state index is 0.00362. The molecular weight excluding hydrogens is 312 g/mol. The van der Waals surface area contributed by atoms with Crippen LogP contribution in [-0.4, -0.2) is 35.0 Å². The number of fused-ring (bicyclic) bond motifs is 1. The van der Waals surface area contributed by atoms with E-state index in [1.54, 1.807) is 0 Å². The first-order chi connectivity index (χ1) is 12.3. The minimum absolute atomic E-state index is 0.00362. The predicted octanol–water partition coefficient (Wildman–Crippen LogP) is 3.92. The molecule has 1 aliphatic rings. The first-order valence-electron chi connectivity index (χ1n) is 8.66. The standard InChI is InChI=1S/C21H20N2O2/c24-21(20-11-10-16-6-4-5-9-19(16)22-20)23-14-12-18(13-15-23)25-17-7-2-1-3-8-17/h1-11,18H,12-15H2. The lowest BCUT2D eigenvalue weighted by Crippen LogP contribution is -2.42. The quantitative estimate of drug-likeness (QED) is 0.730. The number of para-hydroxylation sites is 2. The van der Waals surface area contributed by atoms with Crippen molar-refractivity contribution in [3.05, 3.63) is 72.4 Å². The van der Waals surface area contributed by atoms with Crippen LogP contribution in [-0.2, 0) is 0 Å². The molecule has 1 aliphatic heterocycles. The van der Waals surface area contributed by atoms with Crippen LogP contribution < -0.4 is 4.74 Å². The number of aromatic nitrogens is 1. The maximum Gasteiger partial charge on any atom is 0.272 e. The molecular formula is C21H20N2O2. The Hall–Kier alpha value is -2.88. The third-order valence-corrected chi connectivity index (χ3v) is 4.59. The van der Waals surface area contributed by atoms with Gasteiger partial charge in [-0.3, -0.25) is 4.79 Å². The monoisotopic (exact) mass is 332 g/mol. The highest BCUT2D eigenvalue weighted by Gasteiger charge is 2.25. The van der Waals surface area contributed by atoms with Crippen molar-refractivity contribution in [2.45, 2.75) is 18.9 Å². The zero-order valence-corrected chi connectivity index (χ0v) is 14.0. The second-order valence-corrected chi connectivity index (χ2v) is 6.31. The van der Waals surface area contributed by atoms with Crippen LogP contribution in [0, 0.1) is 0 Å². The molecule has 4 heteroatoms. The molecule has 2 aromatic carbocycles. The van der Waals surface area contributed by atoms with Crippen LogP contribution in [0.5, 0.6) is 5.75 Å². The average molecular weight is 332 g/mol. The molecule has 0 bridgehead atoms. The Kier molecular flexibility index (Phi) is 4.34. The number of carbonyl (C=O) groups is 1. The molecule has 4 nitrogen and oxygen atoms in total. The highest BCUT2D eigenvalue weighted by molar-refractivity contribution is 5.94. The third kappa shape index (κ3) is 3.48. The Balaban J connectivity index is 1.40. The number of amides is 1. The van der Waals surface area contributed by atoms with E-state index in [1.165, 1.54) is 0 Å². The van der Waals surface area contributed by atoms with Gasteiger partial charge in [-0.05, 0) is 24.3 Å². The number of rotatable bonds is 3. The molecule has 0 saturated carbocycles. The summed E-state index contributed by atoms with van der Waals surface area (Å²) in [6.07, 6.45) is 1.85. The van der Waals surface area contributed by atoms with Crippen molar-refractivity contribution in [3.8, 4) is 5.75 Å². The summed E-state index contributed by atoms with van der Waals surface area (Å²) in [4.78, 5) is 19.1. The maximum atomic E-state index is 12.7. The molecule has 0 spiro atoms. The van der Waals surface area contributed by atoms with Gasteiger partial charge in [0.25, 0.3) is 5.91 Å².